The van der Waals surface area contributed by atoms with E-state index >= 15 is 0 Å². The van der Waals surface area contributed by atoms with Crippen LogP contribution in [-0.4, -0.2) is 19.7 Å². The second-order valence-electron chi connectivity index (χ2n) is 8.91. The van der Waals surface area contributed by atoms with Gasteiger partial charge < -0.3 is 29.4 Å². The van der Waals surface area contributed by atoms with Crippen LogP contribution in [0.25, 0.3) is 0 Å². The predicted octanol–water partition coefficient (Wildman–Crippen LogP) is 5.48. The Morgan fingerprint density at radius 3 is 2.23 bits per heavy atom. The molecule has 0 spiro atoms. The lowest BCUT2D eigenvalue weighted by Gasteiger charge is -2.26. The first kappa shape index (κ1) is 26.2. The smallest absolute Gasteiger partial charge is 0.349 e. The highest BCUT2D eigenvalue weighted by Crippen LogP contribution is 2.43. The Morgan fingerprint density at radius 1 is 0.875 bits per heavy atom. The van der Waals surface area contributed by atoms with Gasteiger partial charge in [-0.2, -0.15) is 5.26 Å². The number of nitrogens with two attached hydrogens (primary N) is 1. The number of nitriles is 1. The number of benzene rings is 4. The molecular weight excluding hydrogens is 508 g/mol. The highest BCUT2D eigenvalue weighted by atomic mass is 16.6. The number of nitrogens with zero attached hydrogens (tertiary/aromatic N) is 1. The van der Waals surface area contributed by atoms with E-state index < -0.39 is 11.9 Å². The number of hydrogen-bond donors (Lipinski definition) is 1. The van der Waals surface area contributed by atoms with E-state index in [1.165, 1.54) is 0 Å². The molecule has 4 aromatic carbocycles. The first-order valence-electron chi connectivity index (χ1n) is 12.5. The molecule has 4 aromatic rings. The van der Waals surface area contributed by atoms with Crippen molar-refractivity contribution in [2.24, 2.45) is 5.73 Å². The van der Waals surface area contributed by atoms with Crippen molar-refractivity contribution in [2.45, 2.75) is 12.5 Å². The van der Waals surface area contributed by atoms with Crippen LogP contribution < -0.4 is 29.4 Å². The van der Waals surface area contributed by atoms with Crippen molar-refractivity contribution in [3.8, 4) is 34.8 Å². The van der Waals surface area contributed by atoms with Gasteiger partial charge in [-0.05, 0) is 53.6 Å². The fourth-order valence-electron chi connectivity index (χ4n) is 4.31. The van der Waals surface area contributed by atoms with Crippen LogP contribution in [0, 0.1) is 11.3 Å². The first-order chi connectivity index (χ1) is 19.5. The molecule has 0 radical (unpaired) electrons. The number of carbonyl (C=O) groups excluding carboxylic acids is 1. The van der Waals surface area contributed by atoms with Gasteiger partial charge in [-0.3, -0.25) is 0 Å². The molecule has 0 bridgehead atoms. The monoisotopic (exact) mass is 534 g/mol. The maximum Gasteiger partial charge on any atom is 0.349 e. The van der Waals surface area contributed by atoms with Crippen LogP contribution in [0.4, 0.5) is 0 Å². The van der Waals surface area contributed by atoms with Gasteiger partial charge in [0.2, 0.25) is 5.88 Å². The summed E-state index contributed by atoms with van der Waals surface area (Å²) >= 11 is 0. The molecule has 1 heterocycles. The van der Waals surface area contributed by atoms with E-state index in [1.807, 2.05) is 54.6 Å². The van der Waals surface area contributed by atoms with E-state index in [1.54, 1.807) is 49.6 Å². The largest absolute Gasteiger partial charge is 0.497 e. The van der Waals surface area contributed by atoms with Gasteiger partial charge in [0.1, 0.15) is 47.0 Å². The molecule has 8 nitrogen and oxygen atoms in total. The first-order valence-corrected chi connectivity index (χ1v) is 12.5. The number of methoxy groups -OCH3 is 1. The van der Waals surface area contributed by atoms with Crippen LogP contribution in [0.1, 0.15) is 22.6 Å². The van der Waals surface area contributed by atoms with Gasteiger partial charge in [0, 0.05) is 11.6 Å². The minimum absolute atomic E-state index is 0.00396. The van der Waals surface area contributed by atoms with Crippen LogP contribution in [0.15, 0.2) is 109 Å². The maximum absolute atomic E-state index is 12.4. The Bertz CT molecular complexity index is 1560. The number of hydrogen-bond acceptors (Lipinski definition) is 8. The molecule has 0 aliphatic carbocycles. The number of ether oxygens (including phenoxy) is 5. The topological polar surface area (TPSA) is 113 Å². The summed E-state index contributed by atoms with van der Waals surface area (Å²) in [6, 6.07) is 31.4. The number of fused-ring (bicyclic) bond motifs is 1. The quantitative estimate of drug-likeness (QED) is 0.222. The van der Waals surface area contributed by atoms with Crippen LogP contribution in [0.5, 0.6) is 28.7 Å². The molecular formula is C32H26N2O6. The van der Waals surface area contributed by atoms with Crippen molar-refractivity contribution in [3.63, 3.8) is 0 Å². The summed E-state index contributed by atoms with van der Waals surface area (Å²) in [6.45, 7) is 0.162. The van der Waals surface area contributed by atoms with Gasteiger partial charge in [-0.15, -0.1) is 0 Å². The SMILES string of the molecule is COc1ccc(OCC(=O)Oc2ccc3c(c2)OC(N)=C(C#N)C3c2ccc(OCc3ccccc3)cc2)cc1. The molecule has 0 aromatic heterocycles. The molecule has 5 rings (SSSR count). The second kappa shape index (κ2) is 12.0. The summed E-state index contributed by atoms with van der Waals surface area (Å²) in [4.78, 5) is 12.4. The molecule has 0 fully saturated rings. The fraction of sp³-hybridized carbons (Fsp3) is 0.125. The van der Waals surface area contributed by atoms with Crippen molar-refractivity contribution in [1.82, 2.24) is 0 Å². The summed E-state index contributed by atoms with van der Waals surface area (Å²) in [5.41, 5.74) is 9.05. The van der Waals surface area contributed by atoms with E-state index in [-0.39, 0.29) is 18.2 Å². The molecule has 0 saturated heterocycles. The molecule has 1 atom stereocenters. The van der Waals surface area contributed by atoms with Crippen LogP contribution in [-0.2, 0) is 11.4 Å². The molecule has 1 aliphatic heterocycles. The number of esters is 1. The van der Waals surface area contributed by atoms with Crippen molar-refractivity contribution in [2.75, 3.05) is 13.7 Å². The normalized spacial score (nSPS) is 13.8. The van der Waals surface area contributed by atoms with E-state index in [9.17, 15) is 10.1 Å². The Labute approximate surface area is 231 Å². The molecule has 200 valence electrons. The van der Waals surface area contributed by atoms with Crippen molar-refractivity contribution in [3.05, 3.63) is 125 Å². The summed E-state index contributed by atoms with van der Waals surface area (Å²) in [6.07, 6.45) is 0. The number of allylic oxidation sites excluding steroid dienone is 1. The molecule has 1 aliphatic rings. The van der Waals surface area contributed by atoms with Gasteiger partial charge >= 0.3 is 5.97 Å². The third kappa shape index (κ3) is 6.00. The molecule has 8 heteroatoms. The van der Waals surface area contributed by atoms with Crippen LogP contribution in [0.2, 0.25) is 0 Å². The third-order valence-corrected chi connectivity index (χ3v) is 6.30. The fourth-order valence-corrected chi connectivity index (χ4v) is 4.31. The van der Waals surface area contributed by atoms with Crippen LogP contribution in [0.3, 0.4) is 0 Å². The summed E-state index contributed by atoms with van der Waals surface area (Å²) < 4.78 is 27.7. The van der Waals surface area contributed by atoms with Gasteiger partial charge in [0.15, 0.2) is 6.61 Å². The average molecular weight is 535 g/mol. The predicted molar refractivity (Wildman–Crippen MR) is 147 cm³/mol. The van der Waals surface area contributed by atoms with Gasteiger partial charge in [0.25, 0.3) is 0 Å². The molecule has 1 unspecified atom stereocenters. The summed E-state index contributed by atoms with van der Waals surface area (Å²) in [7, 11) is 1.57. The van der Waals surface area contributed by atoms with E-state index in [4.69, 9.17) is 29.4 Å². The highest BCUT2D eigenvalue weighted by Gasteiger charge is 2.31. The Hall–Kier alpha value is -5.42. The average Bonchev–Trinajstić information content (AvgIpc) is 2.99. The number of carbonyl (C=O) groups is 1. The zero-order valence-corrected chi connectivity index (χ0v) is 21.7. The Balaban J connectivity index is 1.29. The molecule has 0 saturated carbocycles. The van der Waals surface area contributed by atoms with Crippen LogP contribution >= 0.6 is 0 Å². The van der Waals surface area contributed by atoms with E-state index in [2.05, 4.69) is 6.07 Å². The Kier molecular flexibility index (Phi) is 7.84. The van der Waals surface area contributed by atoms with Crippen molar-refractivity contribution >= 4 is 5.97 Å². The molecule has 40 heavy (non-hydrogen) atoms. The zero-order chi connectivity index (χ0) is 27.9. The summed E-state index contributed by atoms with van der Waals surface area (Å²) in [5, 5.41) is 9.86. The molecule has 2 N–H and O–H groups in total. The highest BCUT2D eigenvalue weighted by molar-refractivity contribution is 5.74. The number of rotatable bonds is 9. The maximum atomic E-state index is 12.4. The standard InChI is InChI=1S/C32H26N2O6/c1-36-23-11-13-25(14-12-23)38-20-30(35)39-26-15-16-27-29(17-26)40-32(34)28(18-33)31(27)22-7-9-24(10-8-22)37-19-21-5-3-2-4-6-21/h2-17,31H,19-20,34H2,1H3. The lowest BCUT2D eigenvalue weighted by Crippen LogP contribution is -2.21. The van der Waals surface area contributed by atoms with E-state index in [0.29, 0.717) is 35.2 Å². The summed E-state index contributed by atoms with van der Waals surface area (Å²) in [5.74, 6) is 1.50. The lowest BCUT2D eigenvalue weighted by atomic mass is 9.83. The third-order valence-electron chi connectivity index (χ3n) is 6.30. The second-order valence-corrected chi connectivity index (χ2v) is 8.91. The van der Waals surface area contributed by atoms with Gasteiger partial charge in [-0.25, -0.2) is 4.79 Å². The van der Waals surface area contributed by atoms with Gasteiger partial charge in [0.05, 0.1) is 13.0 Å². The molecule has 0 amide bonds. The Morgan fingerprint density at radius 2 is 1.52 bits per heavy atom. The van der Waals surface area contributed by atoms with Crippen molar-refractivity contribution in [1.29, 1.82) is 5.26 Å². The van der Waals surface area contributed by atoms with E-state index in [0.717, 1.165) is 16.7 Å². The zero-order valence-electron chi connectivity index (χ0n) is 21.7. The van der Waals surface area contributed by atoms with Crippen molar-refractivity contribution < 1.29 is 28.5 Å². The lowest BCUT2D eigenvalue weighted by molar-refractivity contribution is -0.136. The minimum atomic E-state index is -0.588. The van der Waals surface area contributed by atoms with Gasteiger partial charge in [-0.1, -0.05) is 48.5 Å². The minimum Gasteiger partial charge on any atom is -0.497 e.